The molecule has 0 fully saturated rings. The van der Waals surface area contributed by atoms with Crippen LogP contribution in [0.25, 0.3) is 11.1 Å². The topological polar surface area (TPSA) is 90.1 Å². The van der Waals surface area contributed by atoms with E-state index >= 15 is 0 Å². The van der Waals surface area contributed by atoms with Gasteiger partial charge in [0.05, 0.1) is 30.1 Å². The van der Waals surface area contributed by atoms with E-state index in [-0.39, 0.29) is 23.7 Å². The Morgan fingerprint density at radius 2 is 1.96 bits per heavy atom. The Morgan fingerprint density at radius 1 is 1.18 bits per heavy atom. The van der Waals surface area contributed by atoms with Crippen LogP contribution in [0.3, 0.4) is 0 Å². The van der Waals surface area contributed by atoms with E-state index in [1.54, 1.807) is 20.1 Å². The van der Waals surface area contributed by atoms with Crippen LogP contribution < -0.4 is 15.8 Å². The van der Waals surface area contributed by atoms with Crippen molar-refractivity contribution in [1.82, 2.24) is 15.3 Å². The molecule has 1 aliphatic heterocycles. The summed E-state index contributed by atoms with van der Waals surface area (Å²) >= 11 is 0. The monoisotopic (exact) mass is 378 g/mol. The van der Waals surface area contributed by atoms with Gasteiger partial charge in [0.2, 0.25) is 5.95 Å². The Balaban J connectivity index is 1.84. The largest absolute Gasteiger partial charge is 0.496 e. The van der Waals surface area contributed by atoms with Gasteiger partial charge < -0.3 is 15.8 Å². The molecule has 3 aromatic rings. The quantitative estimate of drug-likeness (QED) is 0.730. The molecule has 0 aliphatic carbocycles. The second-order valence-electron chi connectivity index (χ2n) is 6.65. The van der Waals surface area contributed by atoms with Crippen LogP contribution in [0.15, 0.2) is 42.5 Å². The second-order valence-corrected chi connectivity index (χ2v) is 6.65. The number of nitrogens with zero attached hydrogens (tertiary/aromatic N) is 2. The van der Waals surface area contributed by atoms with Crippen molar-refractivity contribution < 1.29 is 13.9 Å². The normalized spacial score (nSPS) is 15.7. The zero-order valence-corrected chi connectivity index (χ0v) is 15.5. The van der Waals surface area contributed by atoms with Crippen molar-refractivity contribution in [1.29, 1.82) is 0 Å². The Kier molecular flexibility index (Phi) is 4.43. The van der Waals surface area contributed by atoms with Crippen molar-refractivity contribution in [3.63, 3.8) is 0 Å². The molecule has 2 heterocycles. The lowest BCUT2D eigenvalue weighted by Gasteiger charge is -2.28. The molecule has 1 unspecified atom stereocenters. The van der Waals surface area contributed by atoms with Gasteiger partial charge in [0.25, 0.3) is 5.91 Å². The maximum atomic E-state index is 14.1. The number of rotatable bonds is 3. The molecule has 1 atom stereocenters. The summed E-state index contributed by atoms with van der Waals surface area (Å²) < 4.78 is 19.5. The van der Waals surface area contributed by atoms with Crippen LogP contribution in [-0.4, -0.2) is 23.0 Å². The molecule has 4 rings (SSSR count). The number of amides is 1. The molecule has 0 bridgehead atoms. The number of anilines is 1. The van der Waals surface area contributed by atoms with Crippen LogP contribution in [-0.2, 0) is 6.42 Å². The molecule has 3 N–H and O–H groups in total. The average Bonchev–Trinajstić information content (AvgIpc) is 2.66. The number of nitrogens with two attached hydrogens (primary N) is 1. The minimum absolute atomic E-state index is 0.133. The molecule has 0 saturated heterocycles. The van der Waals surface area contributed by atoms with Gasteiger partial charge in [-0.3, -0.25) is 4.79 Å². The smallest absolute Gasteiger partial charge is 0.255 e. The zero-order chi connectivity index (χ0) is 19.8. The number of hydrogen-bond acceptors (Lipinski definition) is 5. The Labute approximate surface area is 161 Å². The highest BCUT2D eigenvalue weighted by molar-refractivity contribution is 5.98. The van der Waals surface area contributed by atoms with Crippen LogP contribution in [0.2, 0.25) is 0 Å². The van der Waals surface area contributed by atoms with E-state index in [4.69, 9.17) is 10.5 Å². The van der Waals surface area contributed by atoms with Gasteiger partial charge in [0, 0.05) is 12.0 Å². The molecule has 2 aromatic carbocycles. The van der Waals surface area contributed by atoms with Crippen LogP contribution in [0.5, 0.6) is 5.75 Å². The van der Waals surface area contributed by atoms with Crippen LogP contribution >= 0.6 is 0 Å². The van der Waals surface area contributed by atoms with Crippen LogP contribution in [0.1, 0.15) is 33.4 Å². The molecule has 1 aromatic heterocycles. The van der Waals surface area contributed by atoms with E-state index in [1.165, 1.54) is 12.1 Å². The first-order valence-electron chi connectivity index (χ1n) is 8.84. The number of aromatic nitrogens is 2. The number of fused-ring (bicyclic) bond motifs is 1. The number of ether oxygens (including phenoxy) is 1. The molecule has 0 radical (unpaired) electrons. The van der Waals surface area contributed by atoms with E-state index < -0.39 is 0 Å². The lowest BCUT2D eigenvalue weighted by molar-refractivity contribution is 0.0922. The number of halogens is 1. The predicted octanol–water partition coefficient (Wildman–Crippen LogP) is 3.21. The van der Waals surface area contributed by atoms with Gasteiger partial charge in [-0.2, -0.15) is 0 Å². The van der Waals surface area contributed by atoms with Crippen LogP contribution in [0, 0.1) is 12.7 Å². The molecule has 1 aliphatic rings. The Morgan fingerprint density at radius 3 is 2.75 bits per heavy atom. The maximum absolute atomic E-state index is 14.1. The highest BCUT2D eigenvalue weighted by Gasteiger charge is 2.30. The number of nitrogens with one attached hydrogen (secondary N) is 1. The summed E-state index contributed by atoms with van der Waals surface area (Å²) in [6.45, 7) is 1.73. The van der Waals surface area contributed by atoms with Crippen molar-refractivity contribution >= 4 is 11.9 Å². The number of hydrogen-bond donors (Lipinski definition) is 2. The van der Waals surface area contributed by atoms with Crippen molar-refractivity contribution in [2.45, 2.75) is 19.4 Å². The summed E-state index contributed by atoms with van der Waals surface area (Å²) in [5.41, 5.74) is 9.54. The number of carbonyl (C=O) groups is 1. The van der Waals surface area contributed by atoms with E-state index in [9.17, 15) is 9.18 Å². The number of aryl methyl sites for hydroxylation is 1. The lowest BCUT2D eigenvalue weighted by atomic mass is 9.88. The molecule has 1 amide bonds. The van der Waals surface area contributed by atoms with Gasteiger partial charge >= 0.3 is 0 Å². The summed E-state index contributed by atoms with van der Waals surface area (Å²) in [5.74, 6) is 0.127. The number of nitrogen functional groups attached to an aromatic ring is 1. The molecular weight excluding hydrogens is 359 g/mol. The SMILES string of the molecule is COc1ccccc1-c1cc(F)ccc1C1Cc2nc(N)nc(C)c2C(=O)N1. The van der Waals surface area contributed by atoms with Gasteiger partial charge in [0.1, 0.15) is 11.6 Å². The Hall–Kier alpha value is -3.48. The number of carbonyl (C=O) groups excluding carboxylic acids is 1. The molecule has 0 spiro atoms. The van der Waals surface area contributed by atoms with E-state index in [0.717, 1.165) is 11.1 Å². The predicted molar refractivity (Wildman–Crippen MR) is 103 cm³/mol. The molecule has 0 saturated carbocycles. The van der Waals surface area contributed by atoms with Gasteiger partial charge in [-0.25, -0.2) is 14.4 Å². The molecule has 142 valence electrons. The highest BCUT2D eigenvalue weighted by atomic mass is 19.1. The van der Waals surface area contributed by atoms with Crippen molar-refractivity contribution in [3.8, 4) is 16.9 Å². The Bertz CT molecular complexity index is 1080. The molecule has 6 nitrogen and oxygen atoms in total. The third-order valence-corrected chi connectivity index (χ3v) is 4.90. The van der Waals surface area contributed by atoms with Crippen LogP contribution in [0.4, 0.5) is 10.3 Å². The minimum atomic E-state index is -0.380. The fourth-order valence-corrected chi connectivity index (χ4v) is 3.69. The number of methoxy groups -OCH3 is 1. The minimum Gasteiger partial charge on any atom is -0.496 e. The van der Waals surface area contributed by atoms with Gasteiger partial charge in [0.15, 0.2) is 0 Å². The standard InChI is InChI=1S/C21H19FN4O2/c1-11-19-17(26-21(23)24-11)10-16(25-20(19)27)13-8-7-12(22)9-15(13)14-5-3-4-6-18(14)28-2/h3-9,16H,10H2,1-2H3,(H,25,27)(H2,23,24,26). The first-order valence-corrected chi connectivity index (χ1v) is 8.84. The van der Waals surface area contributed by atoms with Gasteiger partial charge in [-0.05, 0) is 36.2 Å². The van der Waals surface area contributed by atoms with E-state index in [0.29, 0.717) is 34.7 Å². The van der Waals surface area contributed by atoms with Gasteiger partial charge in [-0.15, -0.1) is 0 Å². The average molecular weight is 378 g/mol. The summed E-state index contributed by atoms with van der Waals surface area (Å²) in [4.78, 5) is 21.0. The maximum Gasteiger partial charge on any atom is 0.255 e. The van der Waals surface area contributed by atoms with E-state index in [2.05, 4.69) is 15.3 Å². The summed E-state index contributed by atoms with van der Waals surface area (Å²) in [6.07, 6.45) is 0.433. The lowest BCUT2D eigenvalue weighted by Crippen LogP contribution is -2.37. The van der Waals surface area contributed by atoms with E-state index in [1.807, 2.05) is 24.3 Å². The number of benzene rings is 2. The first-order chi connectivity index (χ1) is 13.5. The third kappa shape index (κ3) is 3.05. The third-order valence-electron chi connectivity index (χ3n) is 4.90. The highest BCUT2D eigenvalue weighted by Crippen LogP contribution is 2.37. The first kappa shape index (κ1) is 17.9. The fourth-order valence-electron chi connectivity index (χ4n) is 3.69. The van der Waals surface area contributed by atoms with Crippen molar-refractivity contribution in [2.75, 3.05) is 12.8 Å². The summed E-state index contributed by atoms with van der Waals surface area (Å²) in [6, 6.07) is 11.5. The summed E-state index contributed by atoms with van der Waals surface area (Å²) in [7, 11) is 1.57. The van der Waals surface area contributed by atoms with Crippen molar-refractivity contribution in [3.05, 3.63) is 70.8 Å². The zero-order valence-electron chi connectivity index (χ0n) is 15.5. The molecule has 28 heavy (non-hydrogen) atoms. The number of para-hydroxylation sites is 1. The van der Waals surface area contributed by atoms with Crippen molar-refractivity contribution in [2.24, 2.45) is 0 Å². The molecular formula is C21H19FN4O2. The fraction of sp³-hybridized carbons (Fsp3) is 0.190. The van der Waals surface area contributed by atoms with Gasteiger partial charge in [-0.1, -0.05) is 24.3 Å². The summed E-state index contributed by atoms with van der Waals surface area (Å²) in [5, 5.41) is 2.99. The molecule has 7 heteroatoms. The second kappa shape index (κ2) is 6.92.